The number of ether oxygens (including phenoxy) is 2. The number of aliphatic carboxylic acids is 1. The van der Waals surface area contributed by atoms with E-state index in [0.29, 0.717) is 24.4 Å². The molecule has 0 bridgehead atoms. The van der Waals surface area contributed by atoms with Gasteiger partial charge in [0.1, 0.15) is 18.1 Å². The Kier molecular flexibility index (Phi) is 4.89. The van der Waals surface area contributed by atoms with E-state index in [1.54, 1.807) is 0 Å². The summed E-state index contributed by atoms with van der Waals surface area (Å²) in [7, 11) is 0. The fraction of sp³-hybridized carbons (Fsp3) is 0.375. The summed E-state index contributed by atoms with van der Waals surface area (Å²) in [6, 6.07) is 12.5. The second-order valence-electron chi connectivity index (χ2n) is 8.26. The number of para-hydroxylation sites is 1. The summed E-state index contributed by atoms with van der Waals surface area (Å²) in [4.78, 5) is 12.4. The van der Waals surface area contributed by atoms with Crippen LogP contribution in [-0.2, 0) is 4.79 Å². The number of carboxylic acids is 1. The van der Waals surface area contributed by atoms with Gasteiger partial charge >= 0.3 is 5.97 Å². The van der Waals surface area contributed by atoms with Gasteiger partial charge in [-0.25, -0.2) is 0 Å². The molecular weight excluding hydrogens is 398 g/mol. The summed E-state index contributed by atoms with van der Waals surface area (Å²) in [5.41, 5.74) is 4.38. The van der Waals surface area contributed by atoms with Crippen molar-refractivity contribution >= 4 is 23.4 Å². The molecule has 0 fully saturated rings. The van der Waals surface area contributed by atoms with Crippen LogP contribution in [0.3, 0.4) is 0 Å². The topological polar surface area (TPSA) is 67.8 Å². The number of carboxylic acid groups (broad SMARTS) is 1. The number of thioether (sulfide) groups is 1. The maximum Gasteiger partial charge on any atom is 0.304 e. The first-order valence-electron chi connectivity index (χ1n) is 10.4. The van der Waals surface area contributed by atoms with Gasteiger partial charge < -0.3 is 19.9 Å². The van der Waals surface area contributed by atoms with E-state index in [9.17, 15) is 4.79 Å². The molecule has 2 aromatic rings. The van der Waals surface area contributed by atoms with Crippen molar-refractivity contribution < 1.29 is 19.4 Å². The largest absolute Gasteiger partial charge is 0.493 e. The van der Waals surface area contributed by atoms with E-state index in [-0.39, 0.29) is 18.4 Å². The second kappa shape index (κ2) is 7.58. The van der Waals surface area contributed by atoms with E-state index >= 15 is 0 Å². The third-order valence-electron chi connectivity index (χ3n) is 6.15. The van der Waals surface area contributed by atoms with E-state index in [1.165, 1.54) is 16.0 Å². The minimum absolute atomic E-state index is 0.0728. The standard InChI is InChI=1S/C24H25NO4S/c1-13-8-20(14(2)30-13)18-4-3-5-19-21(12-29-24(18)19)25-16-6-7-17-15(9-23(26)27)11-28-22(17)10-16/h3-8,10,14-15,20-21,25H,9,11-12H2,1-2H3,(H,26,27)/t14?,15-,20?,21-/m1/s1. The number of benzene rings is 2. The monoisotopic (exact) mass is 423 g/mol. The number of nitrogens with one attached hydrogen (secondary N) is 1. The van der Waals surface area contributed by atoms with E-state index < -0.39 is 5.97 Å². The van der Waals surface area contributed by atoms with E-state index in [0.717, 1.165) is 22.7 Å². The predicted octanol–water partition coefficient (Wildman–Crippen LogP) is 5.31. The lowest BCUT2D eigenvalue weighted by molar-refractivity contribution is -0.137. The molecule has 5 nitrogen and oxygen atoms in total. The Bertz CT molecular complexity index is 1030. The van der Waals surface area contributed by atoms with E-state index in [1.807, 2.05) is 30.0 Å². The molecule has 0 amide bonds. The first kappa shape index (κ1) is 19.4. The van der Waals surface area contributed by atoms with Gasteiger partial charge in [0.2, 0.25) is 0 Å². The molecular formula is C24H25NO4S. The van der Waals surface area contributed by atoms with Gasteiger partial charge in [0.15, 0.2) is 0 Å². The van der Waals surface area contributed by atoms with E-state index in [2.05, 4.69) is 43.4 Å². The molecule has 5 rings (SSSR count). The van der Waals surface area contributed by atoms with Crippen LogP contribution >= 0.6 is 11.8 Å². The van der Waals surface area contributed by atoms with Gasteiger partial charge in [-0.1, -0.05) is 37.3 Å². The van der Waals surface area contributed by atoms with Gasteiger partial charge in [-0.05, 0) is 17.9 Å². The highest BCUT2D eigenvalue weighted by molar-refractivity contribution is 8.03. The molecule has 0 saturated heterocycles. The van der Waals surface area contributed by atoms with Crippen LogP contribution in [0, 0.1) is 0 Å². The zero-order valence-corrected chi connectivity index (χ0v) is 17.9. The van der Waals surface area contributed by atoms with Gasteiger partial charge in [0.25, 0.3) is 0 Å². The summed E-state index contributed by atoms with van der Waals surface area (Å²) in [6.07, 6.45) is 2.44. The van der Waals surface area contributed by atoms with Gasteiger partial charge in [-0.15, -0.1) is 11.8 Å². The number of anilines is 1. The molecule has 3 heterocycles. The lowest BCUT2D eigenvalue weighted by Gasteiger charge is -2.18. The van der Waals surface area contributed by atoms with Crippen molar-refractivity contribution in [2.45, 2.75) is 43.4 Å². The van der Waals surface area contributed by atoms with Crippen LogP contribution in [0.5, 0.6) is 11.5 Å². The average molecular weight is 424 g/mol. The summed E-state index contributed by atoms with van der Waals surface area (Å²) in [5, 5.41) is 13.2. The highest BCUT2D eigenvalue weighted by Gasteiger charge is 2.33. The molecule has 6 heteroatoms. The molecule has 4 atom stereocenters. The first-order chi connectivity index (χ1) is 14.5. The lowest BCUT2D eigenvalue weighted by Crippen LogP contribution is -2.11. The maximum atomic E-state index is 11.1. The molecule has 2 N–H and O–H groups in total. The second-order valence-corrected chi connectivity index (χ2v) is 9.88. The Morgan fingerprint density at radius 1 is 1.17 bits per heavy atom. The third kappa shape index (κ3) is 3.43. The third-order valence-corrected chi connectivity index (χ3v) is 7.32. The molecule has 0 spiro atoms. The predicted molar refractivity (Wildman–Crippen MR) is 119 cm³/mol. The highest BCUT2D eigenvalue weighted by atomic mass is 32.2. The van der Waals surface area contributed by atoms with Gasteiger partial charge in [0.05, 0.1) is 19.1 Å². The minimum atomic E-state index is -0.797. The molecule has 0 saturated carbocycles. The van der Waals surface area contributed by atoms with Gasteiger partial charge in [0, 0.05) is 45.5 Å². The Hall–Kier alpha value is -2.60. The van der Waals surface area contributed by atoms with Gasteiger partial charge in [-0.3, -0.25) is 4.79 Å². The van der Waals surface area contributed by atoms with Crippen molar-refractivity contribution in [3.05, 3.63) is 64.1 Å². The van der Waals surface area contributed by atoms with Gasteiger partial charge in [-0.2, -0.15) is 0 Å². The van der Waals surface area contributed by atoms with Crippen molar-refractivity contribution in [1.29, 1.82) is 0 Å². The summed E-state index contributed by atoms with van der Waals surface area (Å²) < 4.78 is 11.9. The minimum Gasteiger partial charge on any atom is -0.493 e. The number of hydrogen-bond donors (Lipinski definition) is 2. The fourth-order valence-electron chi connectivity index (χ4n) is 4.74. The van der Waals surface area contributed by atoms with Crippen molar-refractivity contribution in [1.82, 2.24) is 0 Å². The van der Waals surface area contributed by atoms with Crippen molar-refractivity contribution in [2.75, 3.05) is 18.5 Å². The molecule has 3 aliphatic rings. The SMILES string of the molecule is CC1=CC(c2cccc3c2OC[C@H]3Nc2ccc3c(c2)OC[C@H]3CC(=O)O)C(C)S1. The summed E-state index contributed by atoms with van der Waals surface area (Å²) in [6.45, 7) is 5.46. The normalized spacial score (nSPS) is 26.4. The van der Waals surface area contributed by atoms with Crippen molar-refractivity contribution in [3.63, 3.8) is 0 Å². The number of fused-ring (bicyclic) bond motifs is 2. The number of carbonyl (C=O) groups is 1. The molecule has 0 aromatic heterocycles. The van der Waals surface area contributed by atoms with Crippen LogP contribution < -0.4 is 14.8 Å². The molecule has 0 radical (unpaired) electrons. The van der Waals surface area contributed by atoms with Crippen molar-refractivity contribution in [3.8, 4) is 11.5 Å². The smallest absolute Gasteiger partial charge is 0.304 e. The number of rotatable bonds is 5. The number of allylic oxidation sites excluding steroid dienone is 2. The molecule has 3 aliphatic heterocycles. The van der Waals surface area contributed by atoms with E-state index in [4.69, 9.17) is 14.6 Å². The zero-order valence-electron chi connectivity index (χ0n) is 17.1. The molecule has 0 aliphatic carbocycles. The Morgan fingerprint density at radius 2 is 2.00 bits per heavy atom. The van der Waals surface area contributed by atoms with Crippen molar-refractivity contribution in [2.24, 2.45) is 0 Å². The molecule has 30 heavy (non-hydrogen) atoms. The molecule has 156 valence electrons. The zero-order chi connectivity index (χ0) is 20.8. The quantitative estimate of drug-likeness (QED) is 0.680. The Morgan fingerprint density at radius 3 is 2.77 bits per heavy atom. The highest BCUT2D eigenvalue weighted by Crippen LogP contribution is 2.48. The van der Waals surface area contributed by atoms with Crippen LogP contribution in [0.4, 0.5) is 5.69 Å². The Labute approximate surface area is 180 Å². The Balaban J connectivity index is 1.37. The average Bonchev–Trinajstić information content (AvgIpc) is 3.39. The first-order valence-corrected chi connectivity index (χ1v) is 11.2. The van der Waals surface area contributed by atoms with Crippen LogP contribution in [-0.4, -0.2) is 29.5 Å². The molecule has 2 unspecified atom stereocenters. The lowest BCUT2D eigenvalue weighted by atomic mass is 9.92. The maximum absolute atomic E-state index is 11.1. The van der Waals surface area contributed by atoms with Crippen LogP contribution in [0.15, 0.2) is 47.4 Å². The molecule has 2 aromatic carbocycles. The van der Waals surface area contributed by atoms with Crippen LogP contribution in [0.2, 0.25) is 0 Å². The fourth-order valence-corrected chi connectivity index (χ4v) is 5.92. The number of hydrogen-bond acceptors (Lipinski definition) is 5. The van der Waals surface area contributed by atoms with Crippen LogP contribution in [0.25, 0.3) is 0 Å². The van der Waals surface area contributed by atoms with Crippen LogP contribution in [0.1, 0.15) is 54.8 Å². The summed E-state index contributed by atoms with van der Waals surface area (Å²) >= 11 is 1.93. The summed E-state index contributed by atoms with van der Waals surface area (Å²) in [5.74, 6) is 1.29.